The van der Waals surface area contributed by atoms with Crippen LogP contribution in [0.25, 0.3) is 0 Å². The van der Waals surface area contributed by atoms with Crippen LogP contribution in [0.1, 0.15) is 32.3 Å². The summed E-state index contributed by atoms with van der Waals surface area (Å²) in [5.41, 5.74) is 1.18. The van der Waals surface area contributed by atoms with Crippen LogP contribution in [0.5, 0.6) is 0 Å². The molecule has 1 rings (SSSR count). The second kappa shape index (κ2) is 5.11. The molecule has 0 aliphatic heterocycles. The first-order chi connectivity index (χ1) is 6.59. The number of benzene rings is 1. The zero-order chi connectivity index (χ0) is 10.6. The Morgan fingerprint density at radius 1 is 1.14 bits per heavy atom. The molecule has 1 N–H and O–H groups in total. The van der Waals surface area contributed by atoms with Crippen LogP contribution in [-0.4, -0.2) is 12.6 Å². The first-order valence-electron chi connectivity index (χ1n) is 5.08. The molecule has 2 heteroatoms. The summed E-state index contributed by atoms with van der Waals surface area (Å²) in [6, 6.07) is 7.23. The molecule has 1 nitrogen and oxygen atoms in total. The maximum Gasteiger partial charge on any atom is 0.123 e. The summed E-state index contributed by atoms with van der Waals surface area (Å²) in [6.45, 7) is 7.32. The van der Waals surface area contributed by atoms with Crippen LogP contribution >= 0.6 is 0 Å². The van der Waals surface area contributed by atoms with E-state index in [-0.39, 0.29) is 5.82 Å². The van der Waals surface area contributed by atoms with Crippen molar-refractivity contribution in [2.45, 2.75) is 32.7 Å². The average Bonchev–Trinajstić information content (AvgIpc) is 2.15. The van der Waals surface area contributed by atoms with E-state index in [1.807, 2.05) is 12.1 Å². The highest BCUT2D eigenvalue weighted by atomic mass is 19.1. The second-order valence-electron chi connectivity index (χ2n) is 4.02. The van der Waals surface area contributed by atoms with Gasteiger partial charge in [0.2, 0.25) is 0 Å². The molecule has 0 saturated carbocycles. The molecule has 0 saturated heterocycles. The Labute approximate surface area is 85.3 Å². The minimum Gasteiger partial charge on any atom is -0.314 e. The number of halogens is 1. The van der Waals surface area contributed by atoms with Gasteiger partial charge in [0.05, 0.1) is 0 Å². The molecule has 0 aliphatic rings. The number of hydrogen-bond donors (Lipinski definition) is 1. The summed E-state index contributed by atoms with van der Waals surface area (Å²) in [5, 5.41) is 3.36. The lowest BCUT2D eigenvalue weighted by atomic mass is 10.0. The van der Waals surface area contributed by atoms with Crippen LogP contribution in [0.15, 0.2) is 24.3 Å². The van der Waals surface area contributed by atoms with Gasteiger partial charge in [-0.05, 0) is 23.6 Å². The van der Waals surface area contributed by atoms with E-state index in [0.717, 1.165) is 6.54 Å². The smallest absolute Gasteiger partial charge is 0.123 e. The molecule has 0 aliphatic carbocycles. The molecule has 1 aromatic rings. The third kappa shape index (κ3) is 3.46. The monoisotopic (exact) mass is 195 g/mol. The van der Waals surface area contributed by atoms with Gasteiger partial charge in [-0.3, -0.25) is 0 Å². The van der Waals surface area contributed by atoms with E-state index < -0.39 is 0 Å². The molecule has 14 heavy (non-hydrogen) atoms. The van der Waals surface area contributed by atoms with Crippen molar-refractivity contribution in [3.8, 4) is 0 Å². The average molecular weight is 195 g/mol. The fourth-order valence-electron chi connectivity index (χ4n) is 1.32. The standard InChI is InChI=1S/C12H18FN/c1-9(2)14-8-10(3)11-4-6-12(13)7-5-11/h4-7,9-10,14H,8H2,1-3H3. The predicted molar refractivity (Wildman–Crippen MR) is 58.0 cm³/mol. The fraction of sp³-hybridized carbons (Fsp3) is 0.500. The van der Waals surface area contributed by atoms with Crippen LogP contribution < -0.4 is 5.32 Å². The van der Waals surface area contributed by atoms with Crippen molar-refractivity contribution in [1.82, 2.24) is 5.32 Å². The lowest BCUT2D eigenvalue weighted by Crippen LogP contribution is -2.26. The number of rotatable bonds is 4. The van der Waals surface area contributed by atoms with E-state index in [2.05, 4.69) is 26.1 Å². The predicted octanol–water partition coefficient (Wildman–Crippen LogP) is 2.93. The van der Waals surface area contributed by atoms with Crippen LogP contribution in [0.2, 0.25) is 0 Å². The summed E-state index contributed by atoms with van der Waals surface area (Å²) in [4.78, 5) is 0. The topological polar surface area (TPSA) is 12.0 Å². The van der Waals surface area contributed by atoms with Gasteiger partial charge >= 0.3 is 0 Å². The van der Waals surface area contributed by atoms with Crippen molar-refractivity contribution in [2.24, 2.45) is 0 Å². The van der Waals surface area contributed by atoms with Gasteiger partial charge in [0, 0.05) is 12.6 Å². The van der Waals surface area contributed by atoms with Crippen molar-refractivity contribution in [1.29, 1.82) is 0 Å². The molecule has 0 fully saturated rings. The Kier molecular flexibility index (Phi) is 4.08. The minimum atomic E-state index is -0.169. The SMILES string of the molecule is CC(C)NCC(C)c1ccc(F)cc1. The third-order valence-electron chi connectivity index (χ3n) is 2.27. The maximum absolute atomic E-state index is 12.6. The lowest BCUT2D eigenvalue weighted by molar-refractivity contribution is 0.547. The van der Waals surface area contributed by atoms with Crippen molar-refractivity contribution >= 4 is 0 Å². The van der Waals surface area contributed by atoms with Crippen LogP contribution in [0.4, 0.5) is 4.39 Å². The highest BCUT2D eigenvalue weighted by molar-refractivity contribution is 5.20. The summed E-state index contributed by atoms with van der Waals surface area (Å²) in [6.07, 6.45) is 0. The van der Waals surface area contributed by atoms with Gasteiger partial charge < -0.3 is 5.32 Å². The zero-order valence-corrected chi connectivity index (χ0v) is 9.05. The first kappa shape index (κ1) is 11.2. The van der Waals surface area contributed by atoms with Gasteiger partial charge in [0.15, 0.2) is 0 Å². The summed E-state index contributed by atoms with van der Waals surface area (Å²) >= 11 is 0. The normalized spacial score (nSPS) is 13.2. The molecule has 0 radical (unpaired) electrons. The van der Waals surface area contributed by atoms with Gasteiger partial charge in [-0.25, -0.2) is 4.39 Å². The molecule has 1 unspecified atom stereocenters. The van der Waals surface area contributed by atoms with Gasteiger partial charge in [0.25, 0.3) is 0 Å². The highest BCUT2D eigenvalue weighted by Crippen LogP contribution is 2.14. The molecule has 0 amide bonds. The first-order valence-corrected chi connectivity index (χ1v) is 5.08. The van der Waals surface area contributed by atoms with Gasteiger partial charge in [-0.1, -0.05) is 32.9 Å². The number of nitrogens with one attached hydrogen (secondary N) is 1. The van der Waals surface area contributed by atoms with Crippen LogP contribution in [-0.2, 0) is 0 Å². The van der Waals surface area contributed by atoms with Crippen LogP contribution in [0.3, 0.4) is 0 Å². The van der Waals surface area contributed by atoms with Crippen molar-refractivity contribution < 1.29 is 4.39 Å². The van der Waals surface area contributed by atoms with Gasteiger partial charge in [0.1, 0.15) is 5.82 Å². The van der Waals surface area contributed by atoms with E-state index >= 15 is 0 Å². The molecule has 0 heterocycles. The van der Waals surface area contributed by atoms with Crippen molar-refractivity contribution in [3.05, 3.63) is 35.6 Å². The summed E-state index contributed by atoms with van der Waals surface area (Å²) in [7, 11) is 0. The molecule has 0 aromatic heterocycles. The fourth-order valence-corrected chi connectivity index (χ4v) is 1.32. The largest absolute Gasteiger partial charge is 0.314 e. The lowest BCUT2D eigenvalue weighted by Gasteiger charge is -2.15. The molecule has 0 spiro atoms. The summed E-state index contributed by atoms with van der Waals surface area (Å²) in [5.74, 6) is 0.260. The highest BCUT2D eigenvalue weighted by Gasteiger charge is 2.05. The molecular weight excluding hydrogens is 177 g/mol. The third-order valence-corrected chi connectivity index (χ3v) is 2.27. The van der Waals surface area contributed by atoms with E-state index in [4.69, 9.17) is 0 Å². The molecular formula is C12H18FN. The van der Waals surface area contributed by atoms with Gasteiger partial charge in [-0.15, -0.1) is 0 Å². The Bertz CT molecular complexity index is 266. The molecule has 78 valence electrons. The molecule has 1 aromatic carbocycles. The van der Waals surface area contributed by atoms with Crippen molar-refractivity contribution in [2.75, 3.05) is 6.54 Å². The Balaban J connectivity index is 2.52. The van der Waals surface area contributed by atoms with E-state index in [1.165, 1.54) is 17.7 Å². The van der Waals surface area contributed by atoms with E-state index in [1.54, 1.807) is 0 Å². The molecule has 1 atom stereocenters. The zero-order valence-electron chi connectivity index (χ0n) is 9.05. The van der Waals surface area contributed by atoms with Crippen LogP contribution in [0, 0.1) is 5.82 Å². The quantitative estimate of drug-likeness (QED) is 0.779. The Morgan fingerprint density at radius 3 is 2.21 bits per heavy atom. The molecule has 0 bridgehead atoms. The summed E-state index contributed by atoms with van der Waals surface area (Å²) < 4.78 is 12.6. The maximum atomic E-state index is 12.6. The second-order valence-corrected chi connectivity index (χ2v) is 4.02. The Morgan fingerprint density at radius 2 is 1.71 bits per heavy atom. The van der Waals surface area contributed by atoms with Gasteiger partial charge in [-0.2, -0.15) is 0 Å². The van der Waals surface area contributed by atoms with E-state index in [9.17, 15) is 4.39 Å². The number of hydrogen-bond acceptors (Lipinski definition) is 1. The van der Waals surface area contributed by atoms with E-state index in [0.29, 0.717) is 12.0 Å². The van der Waals surface area contributed by atoms with Crippen molar-refractivity contribution in [3.63, 3.8) is 0 Å². The Hall–Kier alpha value is -0.890. The minimum absolute atomic E-state index is 0.169.